The summed E-state index contributed by atoms with van der Waals surface area (Å²) in [6, 6.07) is 5.66. The summed E-state index contributed by atoms with van der Waals surface area (Å²) in [5.74, 6) is 0. The molecule has 2 aromatic rings. The summed E-state index contributed by atoms with van der Waals surface area (Å²) in [6.07, 6.45) is 2.58. The highest BCUT2D eigenvalue weighted by Gasteiger charge is 2.14. The molecule has 2 aromatic heterocycles. The van der Waals surface area contributed by atoms with Crippen LogP contribution in [0.1, 0.15) is 0 Å². The maximum Gasteiger partial charge on any atom is 0.263 e. The molecule has 0 aliphatic heterocycles. The Kier molecular flexibility index (Phi) is 3.70. The predicted molar refractivity (Wildman–Crippen MR) is 69.3 cm³/mol. The van der Waals surface area contributed by atoms with Crippen LogP contribution < -0.4 is 4.72 Å². The van der Waals surface area contributed by atoms with E-state index in [-0.39, 0.29) is 15.2 Å². The Labute approximate surface area is 114 Å². The van der Waals surface area contributed by atoms with Gasteiger partial charge in [-0.15, -0.1) is 0 Å². The van der Waals surface area contributed by atoms with E-state index in [9.17, 15) is 8.42 Å². The lowest BCUT2D eigenvalue weighted by Crippen LogP contribution is -2.13. The number of nitrogens with one attached hydrogen (secondary N) is 1. The number of aromatic nitrogens is 2. The first-order chi connectivity index (χ1) is 8.47. The zero-order valence-electron chi connectivity index (χ0n) is 8.84. The molecular weight excluding hydrogens is 297 g/mol. The molecule has 8 heteroatoms. The molecule has 2 rings (SSSR count). The second kappa shape index (κ2) is 5.09. The molecule has 0 unspecified atom stereocenters. The molecule has 0 saturated heterocycles. The third kappa shape index (κ3) is 3.10. The van der Waals surface area contributed by atoms with Crippen molar-refractivity contribution >= 4 is 38.9 Å². The van der Waals surface area contributed by atoms with Gasteiger partial charge in [0, 0.05) is 12.4 Å². The Morgan fingerprint density at radius 2 is 1.83 bits per heavy atom. The Hall–Kier alpha value is -1.37. The van der Waals surface area contributed by atoms with Crippen molar-refractivity contribution in [2.45, 2.75) is 4.90 Å². The van der Waals surface area contributed by atoms with Crippen LogP contribution in [0, 0.1) is 0 Å². The van der Waals surface area contributed by atoms with E-state index in [1.54, 1.807) is 0 Å². The second-order valence-corrected chi connectivity index (χ2v) is 5.75. The van der Waals surface area contributed by atoms with E-state index in [0.717, 1.165) is 0 Å². The van der Waals surface area contributed by atoms with Gasteiger partial charge in [0.1, 0.15) is 15.2 Å². The van der Waals surface area contributed by atoms with Gasteiger partial charge in [-0.05, 0) is 24.3 Å². The van der Waals surface area contributed by atoms with E-state index in [2.05, 4.69) is 14.7 Å². The van der Waals surface area contributed by atoms with Gasteiger partial charge in [0.15, 0.2) is 0 Å². The first-order valence-electron chi connectivity index (χ1n) is 4.73. The lowest BCUT2D eigenvalue weighted by atomic mass is 10.4. The zero-order chi connectivity index (χ0) is 13.2. The van der Waals surface area contributed by atoms with Crippen molar-refractivity contribution in [1.29, 1.82) is 0 Å². The fraction of sp³-hybridized carbons (Fsp3) is 0. The van der Waals surface area contributed by atoms with Crippen LogP contribution in [0.25, 0.3) is 0 Å². The molecule has 18 heavy (non-hydrogen) atoms. The van der Waals surface area contributed by atoms with Gasteiger partial charge in [0.25, 0.3) is 10.0 Å². The Bertz CT molecular complexity index is 659. The Balaban J connectivity index is 2.30. The minimum atomic E-state index is -3.70. The fourth-order valence-corrected chi connectivity index (χ4v) is 2.48. The van der Waals surface area contributed by atoms with Crippen molar-refractivity contribution in [2.75, 3.05) is 4.72 Å². The van der Waals surface area contributed by atoms with E-state index in [0.29, 0.717) is 5.69 Å². The topological polar surface area (TPSA) is 72.0 Å². The fourth-order valence-electron chi connectivity index (χ4n) is 1.20. The van der Waals surface area contributed by atoms with Gasteiger partial charge in [0.05, 0.1) is 5.69 Å². The van der Waals surface area contributed by atoms with E-state index in [1.807, 2.05) is 0 Å². The number of pyridine rings is 2. The molecule has 2 heterocycles. The standard InChI is InChI=1S/C10H7Cl2N3O2S/c11-9-2-1-8(6-14-9)18(16,17)15-7-3-4-13-10(12)5-7/h1-6H,(H,13,15). The lowest BCUT2D eigenvalue weighted by Gasteiger charge is -2.07. The summed E-state index contributed by atoms with van der Waals surface area (Å²) in [4.78, 5) is 7.48. The molecule has 0 aliphatic carbocycles. The highest BCUT2D eigenvalue weighted by Crippen LogP contribution is 2.18. The molecule has 5 nitrogen and oxygen atoms in total. The normalized spacial score (nSPS) is 11.2. The van der Waals surface area contributed by atoms with Crippen LogP contribution in [-0.2, 0) is 10.0 Å². The van der Waals surface area contributed by atoms with Gasteiger partial charge in [-0.2, -0.15) is 0 Å². The Morgan fingerprint density at radius 3 is 2.44 bits per heavy atom. The number of rotatable bonds is 3. The summed E-state index contributed by atoms with van der Waals surface area (Å²) in [5, 5.41) is 0.422. The van der Waals surface area contributed by atoms with Crippen LogP contribution >= 0.6 is 23.2 Å². The molecule has 1 N–H and O–H groups in total. The van der Waals surface area contributed by atoms with E-state index in [1.165, 1.54) is 36.7 Å². The van der Waals surface area contributed by atoms with Crippen LogP contribution in [0.2, 0.25) is 10.3 Å². The third-order valence-corrected chi connectivity index (χ3v) is 3.79. The largest absolute Gasteiger partial charge is 0.279 e. The van der Waals surface area contributed by atoms with Crippen LogP contribution in [0.5, 0.6) is 0 Å². The molecule has 0 aliphatic rings. The molecule has 0 radical (unpaired) electrons. The summed E-state index contributed by atoms with van der Waals surface area (Å²) in [7, 11) is -3.70. The highest BCUT2D eigenvalue weighted by atomic mass is 35.5. The molecule has 0 amide bonds. The minimum Gasteiger partial charge on any atom is -0.279 e. The van der Waals surface area contributed by atoms with Crippen molar-refractivity contribution in [2.24, 2.45) is 0 Å². The number of nitrogens with zero attached hydrogens (tertiary/aromatic N) is 2. The van der Waals surface area contributed by atoms with Crippen LogP contribution in [-0.4, -0.2) is 18.4 Å². The quantitative estimate of drug-likeness (QED) is 0.885. The molecule has 94 valence electrons. The zero-order valence-corrected chi connectivity index (χ0v) is 11.2. The van der Waals surface area contributed by atoms with Crippen LogP contribution in [0.3, 0.4) is 0 Å². The smallest absolute Gasteiger partial charge is 0.263 e. The van der Waals surface area contributed by atoms with Crippen molar-refractivity contribution in [3.05, 3.63) is 47.0 Å². The summed E-state index contributed by atoms with van der Waals surface area (Å²) >= 11 is 11.3. The monoisotopic (exact) mass is 303 g/mol. The second-order valence-electron chi connectivity index (χ2n) is 3.29. The summed E-state index contributed by atoms with van der Waals surface area (Å²) in [5.41, 5.74) is 0.324. The molecule has 0 spiro atoms. The molecule has 0 bridgehead atoms. The predicted octanol–water partition coefficient (Wildman–Crippen LogP) is 2.58. The molecule has 0 fully saturated rings. The SMILES string of the molecule is O=S(=O)(Nc1ccnc(Cl)c1)c1ccc(Cl)nc1. The molecule has 0 aromatic carbocycles. The van der Waals surface area contributed by atoms with Gasteiger partial charge in [-0.25, -0.2) is 18.4 Å². The average molecular weight is 304 g/mol. The maximum absolute atomic E-state index is 12.0. The van der Waals surface area contributed by atoms with Gasteiger partial charge in [-0.1, -0.05) is 23.2 Å². The van der Waals surface area contributed by atoms with E-state index < -0.39 is 10.0 Å². The summed E-state index contributed by atoms with van der Waals surface area (Å²) < 4.78 is 26.3. The first kappa shape index (κ1) is 13.1. The number of hydrogen-bond acceptors (Lipinski definition) is 4. The molecular formula is C10H7Cl2N3O2S. The first-order valence-corrected chi connectivity index (χ1v) is 6.97. The van der Waals surface area contributed by atoms with Crippen molar-refractivity contribution in [3.8, 4) is 0 Å². The lowest BCUT2D eigenvalue weighted by molar-refractivity contribution is 0.601. The number of halogens is 2. The van der Waals surface area contributed by atoms with Crippen molar-refractivity contribution < 1.29 is 8.42 Å². The minimum absolute atomic E-state index is 0.0137. The number of anilines is 1. The summed E-state index contributed by atoms with van der Waals surface area (Å²) in [6.45, 7) is 0. The Morgan fingerprint density at radius 1 is 1.06 bits per heavy atom. The van der Waals surface area contributed by atoms with Gasteiger partial charge < -0.3 is 0 Å². The maximum atomic E-state index is 12.0. The molecule has 0 saturated carbocycles. The van der Waals surface area contributed by atoms with Gasteiger partial charge in [0.2, 0.25) is 0 Å². The third-order valence-electron chi connectivity index (χ3n) is 1.99. The van der Waals surface area contributed by atoms with Crippen molar-refractivity contribution in [1.82, 2.24) is 9.97 Å². The van der Waals surface area contributed by atoms with E-state index in [4.69, 9.17) is 23.2 Å². The van der Waals surface area contributed by atoms with Crippen molar-refractivity contribution in [3.63, 3.8) is 0 Å². The highest BCUT2D eigenvalue weighted by molar-refractivity contribution is 7.92. The number of sulfonamides is 1. The number of hydrogen-bond donors (Lipinski definition) is 1. The van der Waals surface area contributed by atoms with Crippen LogP contribution in [0.4, 0.5) is 5.69 Å². The molecule has 0 atom stereocenters. The van der Waals surface area contributed by atoms with E-state index >= 15 is 0 Å². The van der Waals surface area contributed by atoms with Gasteiger partial charge >= 0.3 is 0 Å². The van der Waals surface area contributed by atoms with Gasteiger partial charge in [-0.3, -0.25) is 4.72 Å². The van der Waals surface area contributed by atoms with Crippen LogP contribution in [0.15, 0.2) is 41.6 Å². The average Bonchev–Trinajstić information content (AvgIpc) is 2.29.